The monoisotopic (exact) mass is 379 g/mol. The largest absolute Gasteiger partial charge is 0.493 e. The molecule has 1 aliphatic heterocycles. The van der Waals surface area contributed by atoms with Gasteiger partial charge in [0.15, 0.2) is 11.5 Å². The summed E-state index contributed by atoms with van der Waals surface area (Å²) in [7, 11) is 1.54. The van der Waals surface area contributed by atoms with Gasteiger partial charge in [-0.05, 0) is 35.9 Å². The Morgan fingerprint density at radius 2 is 2.15 bits per heavy atom. The Bertz CT molecular complexity index is 945. The summed E-state index contributed by atoms with van der Waals surface area (Å²) in [6.45, 7) is 0.346. The van der Waals surface area contributed by atoms with Crippen LogP contribution >= 0.6 is 12.2 Å². The molecule has 0 saturated carbocycles. The van der Waals surface area contributed by atoms with E-state index in [0.717, 1.165) is 5.56 Å². The summed E-state index contributed by atoms with van der Waals surface area (Å²) in [6, 6.07) is 12.6. The topological polar surface area (TPSA) is 48.0 Å². The first-order chi connectivity index (χ1) is 13.1. The Balaban J connectivity index is 1.81. The Morgan fingerprint density at radius 3 is 2.93 bits per heavy atom. The van der Waals surface area contributed by atoms with Crippen LogP contribution in [0.3, 0.4) is 0 Å². The van der Waals surface area contributed by atoms with Gasteiger partial charge in [0.2, 0.25) is 0 Å². The molecule has 0 radical (unpaired) electrons. The maximum absolute atomic E-state index is 12.7. The molecule has 0 atom stereocenters. The van der Waals surface area contributed by atoms with Crippen LogP contribution in [0.25, 0.3) is 6.08 Å². The Morgan fingerprint density at radius 1 is 1.33 bits per heavy atom. The summed E-state index contributed by atoms with van der Waals surface area (Å²) in [5.74, 6) is 3.87. The third-order valence-corrected chi connectivity index (χ3v) is 4.14. The standard InChI is InChI=1S/C21H17NO4S/c1-3-12-25-18-10-8-15(13-19(18)24-2)9-11-20(23)22-16-6-4-5-7-17(16)26-14-21(22)27/h1,4-11,13H,12,14H2,2H3/b11-9+. The highest BCUT2D eigenvalue weighted by atomic mass is 32.1. The molecule has 3 rings (SSSR count). The average Bonchev–Trinajstić information content (AvgIpc) is 2.70. The SMILES string of the molecule is C#CCOc1ccc(/C=C/C(=O)N2C(=S)COc3ccccc32)cc1OC. The lowest BCUT2D eigenvalue weighted by Gasteiger charge is -2.29. The van der Waals surface area contributed by atoms with E-state index in [0.29, 0.717) is 27.9 Å². The van der Waals surface area contributed by atoms with E-state index in [2.05, 4.69) is 5.92 Å². The van der Waals surface area contributed by atoms with Crippen LogP contribution in [0.5, 0.6) is 17.2 Å². The van der Waals surface area contributed by atoms with Gasteiger partial charge in [-0.1, -0.05) is 36.3 Å². The number of rotatable bonds is 5. The van der Waals surface area contributed by atoms with Crippen LogP contribution < -0.4 is 19.1 Å². The van der Waals surface area contributed by atoms with Crippen molar-refractivity contribution in [2.75, 3.05) is 25.2 Å². The lowest BCUT2D eigenvalue weighted by atomic mass is 10.1. The summed E-state index contributed by atoms with van der Waals surface area (Å²) in [6.07, 6.45) is 8.36. The van der Waals surface area contributed by atoms with E-state index < -0.39 is 0 Å². The summed E-state index contributed by atoms with van der Waals surface area (Å²) in [5, 5.41) is 0. The molecule has 0 aromatic heterocycles. The molecule has 0 saturated heterocycles. The highest BCUT2D eigenvalue weighted by molar-refractivity contribution is 7.80. The van der Waals surface area contributed by atoms with Crippen molar-refractivity contribution in [1.82, 2.24) is 0 Å². The normalized spacial score (nSPS) is 12.9. The maximum atomic E-state index is 12.7. The van der Waals surface area contributed by atoms with E-state index in [1.165, 1.54) is 11.0 Å². The number of carbonyl (C=O) groups excluding carboxylic acids is 1. The molecule has 6 heteroatoms. The van der Waals surface area contributed by atoms with Crippen molar-refractivity contribution in [1.29, 1.82) is 0 Å². The Hall–Kier alpha value is -3.30. The number of hydrogen-bond acceptors (Lipinski definition) is 5. The minimum Gasteiger partial charge on any atom is -0.493 e. The zero-order valence-electron chi connectivity index (χ0n) is 14.7. The highest BCUT2D eigenvalue weighted by Crippen LogP contribution is 2.32. The number of hydrogen-bond donors (Lipinski definition) is 0. The number of methoxy groups -OCH3 is 1. The third-order valence-electron chi connectivity index (χ3n) is 3.84. The molecule has 136 valence electrons. The average molecular weight is 379 g/mol. The van der Waals surface area contributed by atoms with Gasteiger partial charge in [-0.25, -0.2) is 0 Å². The van der Waals surface area contributed by atoms with E-state index in [1.807, 2.05) is 18.2 Å². The second kappa shape index (κ2) is 8.39. The van der Waals surface area contributed by atoms with Crippen LogP contribution in [0.15, 0.2) is 48.5 Å². The Labute approximate surface area is 163 Å². The summed E-state index contributed by atoms with van der Waals surface area (Å²) in [4.78, 5) is 14.6. The number of terminal acetylenes is 1. The molecule has 0 N–H and O–H groups in total. The van der Waals surface area contributed by atoms with Gasteiger partial charge in [-0.2, -0.15) is 0 Å². The van der Waals surface area contributed by atoms with Crippen molar-refractivity contribution in [2.45, 2.75) is 0 Å². The summed E-state index contributed by atoms with van der Waals surface area (Å²) >= 11 is 5.30. The van der Waals surface area contributed by atoms with E-state index in [9.17, 15) is 4.79 Å². The number of amides is 1. The van der Waals surface area contributed by atoms with Gasteiger partial charge >= 0.3 is 0 Å². The number of ether oxygens (including phenoxy) is 3. The minimum absolute atomic E-state index is 0.151. The molecule has 1 amide bonds. The number of benzene rings is 2. The predicted octanol–water partition coefficient (Wildman–Crippen LogP) is 3.47. The van der Waals surface area contributed by atoms with Gasteiger partial charge in [-0.3, -0.25) is 9.69 Å². The molecule has 5 nitrogen and oxygen atoms in total. The molecule has 2 aromatic carbocycles. The molecule has 0 unspecified atom stereocenters. The number of fused-ring (bicyclic) bond motifs is 1. The molecule has 0 spiro atoms. The fourth-order valence-electron chi connectivity index (χ4n) is 2.61. The minimum atomic E-state index is -0.248. The molecular formula is C21H17NO4S. The maximum Gasteiger partial charge on any atom is 0.256 e. The second-order valence-corrected chi connectivity index (χ2v) is 6.03. The van der Waals surface area contributed by atoms with E-state index in [4.69, 9.17) is 32.9 Å². The highest BCUT2D eigenvalue weighted by Gasteiger charge is 2.26. The Kier molecular flexibility index (Phi) is 5.74. The molecule has 0 bridgehead atoms. The van der Waals surface area contributed by atoms with Crippen molar-refractivity contribution in [3.8, 4) is 29.6 Å². The quantitative estimate of drug-likeness (QED) is 0.452. The van der Waals surface area contributed by atoms with Gasteiger partial charge < -0.3 is 14.2 Å². The van der Waals surface area contributed by atoms with Crippen LogP contribution in [0, 0.1) is 12.3 Å². The third kappa shape index (κ3) is 4.10. The van der Waals surface area contributed by atoms with Crippen molar-refractivity contribution in [2.24, 2.45) is 0 Å². The van der Waals surface area contributed by atoms with Crippen molar-refractivity contribution >= 4 is 34.9 Å². The first-order valence-corrected chi connectivity index (χ1v) is 8.56. The van der Waals surface area contributed by atoms with Crippen LogP contribution in [0.2, 0.25) is 0 Å². The van der Waals surface area contributed by atoms with Crippen molar-refractivity contribution < 1.29 is 19.0 Å². The van der Waals surface area contributed by atoms with Crippen LogP contribution in [0.1, 0.15) is 5.56 Å². The number of para-hydroxylation sites is 2. The first kappa shape index (κ1) is 18.5. The van der Waals surface area contributed by atoms with Crippen molar-refractivity contribution in [3.05, 3.63) is 54.1 Å². The van der Waals surface area contributed by atoms with Crippen LogP contribution in [-0.2, 0) is 4.79 Å². The molecule has 1 aliphatic rings. The zero-order chi connectivity index (χ0) is 19.2. The van der Waals surface area contributed by atoms with Gasteiger partial charge in [-0.15, -0.1) is 6.42 Å². The smallest absolute Gasteiger partial charge is 0.256 e. The predicted molar refractivity (Wildman–Crippen MR) is 108 cm³/mol. The van der Waals surface area contributed by atoms with Crippen molar-refractivity contribution in [3.63, 3.8) is 0 Å². The van der Waals surface area contributed by atoms with Crippen LogP contribution in [-0.4, -0.2) is 31.2 Å². The molecule has 1 heterocycles. The van der Waals surface area contributed by atoms with E-state index in [1.54, 1.807) is 37.5 Å². The van der Waals surface area contributed by atoms with Crippen LogP contribution in [0.4, 0.5) is 5.69 Å². The number of nitrogens with zero attached hydrogens (tertiary/aromatic N) is 1. The van der Waals surface area contributed by atoms with Gasteiger partial charge in [0.05, 0.1) is 12.8 Å². The van der Waals surface area contributed by atoms with Gasteiger partial charge in [0.1, 0.15) is 24.0 Å². The molecule has 27 heavy (non-hydrogen) atoms. The van der Waals surface area contributed by atoms with Gasteiger partial charge in [0.25, 0.3) is 5.91 Å². The van der Waals surface area contributed by atoms with E-state index in [-0.39, 0.29) is 19.1 Å². The van der Waals surface area contributed by atoms with Gasteiger partial charge in [0, 0.05) is 6.08 Å². The summed E-state index contributed by atoms with van der Waals surface area (Å²) in [5.41, 5.74) is 1.42. The lowest BCUT2D eigenvalue weighted by molar-refractivity contribution is -0.113. The number of thiocarbonyl (C=S) groups is 1. The zero-order valence-corrected chi connectivity index (χ0v) is 15.5. The fourth-order valence-corrected chi connectivity index (χ4v) is 2.86. The lowest BCUT2D eigenvalue weighted by Crippen LogP contribution is -2.41. The number of carbonyl (C=O) groups is 1. The first-order valence-electron chi connectivity index (χ1n) is 8.15. The molecular weight excluding hydrogens is 362 g/mol. The molecule has 2 aromatic rings. The molecule has 0 fully saturated rings. The molecule has 0 aliphatic carbocycles. The van der Waals surface area contributed by atoms with E-state index >= 15 is 0 Å². The number of anilines is 1. The summed E-state index contributed by atoms with van der Waals surface area (Å²) < 4.78 is 16.3. The second-order valence-electron chi connectivity index (χ2n) is 5.56. The fraction of sp³-hybridized carbons (Fsp3) is 0.143.